The van der Waals surface area contributed by atoms with E-state index in [1.807, 2.05) is 0 Å². The van der Waals surface area contributed by atoms with Crippen molar-refractivity contribution in [1.29, 1.82) is 0 Å². The van der Waals surface area contributed by atoms with Gasteiger partial charge in [0.25, 0.3) is 11.8 Å². The number of hydrogen-bond donors (Lipinski definition) is 7. The van der Waals surface area contributed by atoms with Gasteiger partial charge in [-0.05, 0) is 35.4 Å². The van der Waals surface area contributed by atoms with Crippen LogP contribution in [0.2, 0.25) is 0 Å². The Bertz CT molecular complexity index is 869. The highest BCUT2D eigenvalue weighted by atomic mass is 16.5. The van der Waals surface area contributed by atoms with Crippen LogP contribution >= 0.6 is 0 Å². The Hall–Kier alpha value is -3.47. The molecule has 10 nitrogen and oxygen atoms in total. The number of amides is 3. The number of rotatable bonds is 7. The molecule has 0 spiro atoms. The van der Waals surface area contributed by atoms with E-state index in [1.165, 1.54) is 5.48 Å². The fourth-order valence-corrected chi connectivity index (χ4v) is 2.42. The number of nitrogen functional groups attached to an aromatic ring is 1. The summed E-state index contributed by atoms with van der Waals surface area (Å²) in [6.45, 7) is -0.307. The summed E-state index contributed by atoms with van der Waals surface area (Å²) in [5, 5.41) is 13.7. The monoisotopic (exact) mass is 386 g/mol. The molecule has 0 fully saturated rings. The summed E-state index contributed by atoms with van der Waals surface area (Å²) >= 11 is 0. The number of benzene rings is 2. The van der Waals surface area contributed by atoms with Crippen molar-refractivity contribution in [3.8, 4) is 11.1 Å². The maximum Gasteiger partial charge on any atom is 0.267 e. The Kier molecular flexibility index (Phi) is 7.04. The third-order valence-electron chi connectivity index (χ3n) is 3.96. The Morgan fingerprint density at radius 1 is 1.00 bits per heavy atom. The van der Waals surface area contributed by atoms with Crippen molar-refractivity contribution < 1.29 is 19.6 Å². The number of carbonyl (C=O) groups excluding carboxylic acids is 3. The molecule has 0 aliphatic carbocycles. The van der Waals surface area contributed by atoms with Gasteiger partial charge in [-0.1, -0.05) is 18.2 Å². The molecule has 2 rings (SSSR count). The summed E-state index contributed by atoms with van der Waals surface area (Å²) in [6.07, 6.45) is 0. The highest BCUT2D eigenvalue weighted by Gasteiger charge is 2.19. The molecule has 0 radical (unpaired) electrons. The van der Waals surface area contributed by atoms with Crippen LogP contribution in [0.4, 0.5) is 11.4 Å². The van der Waals surface area contributed by atoms with E-state index in [0.29, 0.717) is 16.9 Å². The molecule has 0 saturated heterocycles. The van der Waals surface area contributed by atoms with Gasteiger partial charge in [-0.3, -0.25) is 19.6 Å². The second-order valence-corrected chi connectivity index (χ2v) is 5.87. The molecular formula is C18H22N6O4. The molecule has 2 aromatic rings. The number of hydrogen-bond acceptors (Lipinski definition) is 7. The zero-order chi connectivity index (χ0) is 20.7. The summed E-state index contributed by atoms with van der Waals surface area (Å²) in [7, 11) is 0. The van der Waals surface area contributed by atoms with Gasteiger partial charge in [0.1, 0.15) is 6.04 Å². The zero-order valence-electron chi connectivity index (χ0n) is 14.9. The van der Waals surface area contributed by atoms with E-state index in [0.717, 1.165) is 11.1 Å². The average Bonchev–Trinajstić information content (AvgIpc) is 2.72. The fraction of sp³-hybridized carbons (Fsp3) is 0.167. The van der Waals surface area contributed by atoms with Crippen LogP contribution in [0.1, 0.15) is 10.4 Å². The maximum atomic E-state index is 12.2. The van der Waals surface area contributed by atoms with Crippen molar-refractivity contribution in [2.45, 2.75) is 6.04 Å². The first-order valence-corrected chi connectivity index (χ1v) is 8.34. The molecule has 3 amide bonds. The molecular weight excluding hydrogens is 364 g/mol. The van der Waals surface area contributed by atoms with Gasteiger partial charge < -0.3 is 27.8 Å². The number of nitrogens with two attached hydrogens (primary N) is 3. The molecule has 1 atom stereocenters. The minimum atomic E-state index is -1.05. The largest absolute Gasteiger partial charge is 0.397 e. The summed E-state index contributed by atoms with van der Waals surface area (Å²) in [6, 6.07) is 10.7. The zero-order valence-corrected chi connectivity index (χ0v) is 14.9. The first kappa shape index (κ1) is 20.8. The normalized spacial score (nSPS) is 11.4. The number of nitrogens with one attached hydrogen (secondary N) is 3. The van der Waals surface area contributed by atoms with E-state index in [2.05, 4.69) is 10.6 Å². The Balaban J connectivity index is 2.13. The summed E-state index contributed by atoms with van der Waals surface area (Å²) in [4.78, 5) is 35.0. The second kappa shape index (κ2) is 9.46. The summed E-state index contributed by atoms with van der Waals surface area (Å²) in [5.74, 6) is -1.66. The Labute approximate surface area is 161 Å². The molecule has 0 aliphatic heterocycles. The lowest BCUT2D eigenvalue weighted by Gasteiger charge is -2.14. The van der Waals surface area contributed by atoms with Gasteiger partial charge in [-0.2, -0.15) is 0 Å². The summed E-state index contributed by atoms with van der Waals surface area (Å²) < 4.78 is 0. The minimum Gasteiger partial charge on any atom is -0.397 e. The molecule has 10 heteroatoms. The van der Waals surface area contributed by atoms with Gasteiger partial charge in [0.05, 0.1) is 17.9 Å². The van der Waals surface area contributed by atoms with Crippen LogP contribution in [-0.2, 0) is 9.59 Å². The smallest absolute Gasteiger partial charge is 0.267 e. The van der Waals surface area contributed by atoms with Crippen LogP contribution in [0.3, 0.4) is 0 Å². The first-order chi connectivity index (χ1) is 13.4. The third kappa shape index (κ3) is 5.04. The maximum absolute atomic E-state index is 12.2. The first-order valence-electron chi connectivity index (χ1n) is 8.34. The van der Waals surface area contributed by atoms with E-state index in [-0.39, 0.29) is 19.0 Å². The van der Waals surface area contributed by atoms with Gasteiger partial charge in [0, 0.05) is 12.1 Å². The third-order valence-corrected chi connectivity index (χ3v) is 3.96. The van der Waals surface area contributed by atoms with Crippen molar-refractivity contribution in [3.05, 3.63) is 48.0 Å². The van der Waals surface area contributed by atoms with E-state index >= 15 is 0 Å². The lowest BCUT2D eigenvalue weighted by Crippen LogP contribution is -2.50. The predicted octanol–water partition coefficient (Wildman–Crippen LogP) is -0.604. The van der Waals surface area contributed by atoms with Gasteiger partial charge in [-0.15, -0.1) is 0 Å². The SMILES string of the molecule is NCC(=O)Nc1ccc(-c2ccc(C(=O)N[C@@H](CN)C(=O)NO)cc2)cc1N. The molecule has 2 aromatic carbocycles. The van der Waals surface area contributed by atoms with Crippen molar-refractivity contribution in [2.75, 3.05) is 24.1 Å². The van der Waals surface area contributed by atoms with Crippen LogP contribution in [0.15, 0.2) is 42.5 Å². The average molecular weight is 386 g/mol. The molecule has 0 heterocycles. The number of anilines is 2. The van der Waals surface area contributed by atoms with Gasteiger partial charge in [0.2, 0.25) is 5.91 Å². The van der Waals surface area contributed by atoms with Crippen LogP contribution in [-0.4, -0.2) is 42.1 Å². The molecule has 0 unspecified atom stereocenters. The molecule has 0 saturated carbocycles. The van der Waals surface area contributed by atoms with Crippen LogP contribution < -0.4 is 33.3 Å². The fourth-order valence-electron chi connectivity index (χ4n) is 2.42. The van der Waals surface area contributed by atoms with Gasteiger partial charge in [-0.25, -0.2) is 5.48 Å². The molecule has 0 aromatic heterocycles. The van der Waals surface area contributed by atoms with Crippen LogP contribution in [0.5, 0.6) is 0 Å². The minimum absolute atomic E-state index is 0.143. The Morgan fingerprint density at radius 3 is 2.18 bits per heavy atom. The lowest BCUT2D eigenvalue weighted by molar-refractivity contribution is -0.130. The van der Waals surface area contributed by atoms with Crippen molar-refractivity contribution in [1.82, 2.24) is 10.8 Å². The van der Waals surface area contributed by atoms with Crippen LogP contribution in [0, 0.1) is 0 Å². The number of carbonyl (C=O) groups is 3. The molecule has 28 heavy (non-hydrogen) atoms. The molecule has 148 valence electrons. The highest BCUT2D eigenvalue weighted by Crippen LogP contribution is 2.27. The van der Waals surface area contributed by atoms with E-state index in [1.54, 1.807) is 42.5 Å². The quantitative estimate of drug-likeness (QED) is 0.188. The van der Waals surface area contributed by atoms with Gasteiger partial charge >= 0.3 is 0 Å². The standard InChI is InChI=1S/C18H22N6O4/c19-8-15(18(27)24-28)23-17(26)11-3-1-10(2-4-11)12-5-6-14(13(21)7-12)22-16(25)9-20/h1-7,15,28H,8-9,19-21H2,(H,22,25)(H,23,26)(H,24,27)/t15-/m0/s1. The summed E-state index contributed by atoms with van der Waals surface area (Å²) in [5.41, 5.74) is 20.8. The number of hydroxylamine groups is 1. The predicted molar refractivity (Wildman–Crippen MR) is 104 cm³/mol. The van der Waals surface area contributed by atoms with E-state index in [9.17, 15) is 14.4 Å². The molecule has 10 N–H and O–H groups in total. The molecule has 0 aliphatic rings. The second-order valence-electron chi connectivity index (χ2n) is 5.87. The lowest BCUT2D eigenvalue weighted by atomic mass is 10.0. The van der Waals surface area contributed by atoms with E-state index < -0.39 is 17.9 Å². The Morgan fingerprint density at radius 2 is 1.64 bits per heavy atom. The van der Waals surface area contributed by atoms with Crippen LogP contribution in [0.25, 0.3) is 11.1 Å². The highest BCUT2D eigenvalue weighted by molar-refractivity contribution is 5.98. The van der Waals surface area contributed by atoms with Crippen molar-refractivity contribution >= 4 is 29.1 Å². The van der Waals surface area contributed by atoms with Gasteiger partial charge in [0.15, 0.2) is 0 Å². The topological polar surface area (TPSA) is 186 Å². The van der Waals surface area contributed by atoms with Crippen molar-refractivity contribution in [3.63, 3.8) is 0 Å². The molecule has 0 bridgehead atoms. The van der Waals surface area contributed by atoms with E-state index in [4.69, 9.17) is 22.4 Å². The van der Waals surface area contributed by atoms with Crippen molar-refractivity contribution in [2.24, 2.45) is 11.5 Å².